The van der Waals surface area contributed by atoms with Crippen molar-refractivity contribution in [3.63, 3.8) is 0 Å². The molecule has 0 unspecified atom stereocenters. The maximum Gasteiger partial charge on any atom is 0.270 e. The lowest BCUT2D eigenvalue weighted by molar-refractivity contribution is 0.0945. The molecular weight excluding hydrogens is 359 g/mol. The number of hydrogen-bond acceptors (Lipinski definition) is 5. The van der Waals surface area contributed by atoms with E-state index in [9.17, 15) is 9.18 Å². The Morgan fingerprint density at radius 2 is 2.00 bits per heavy atom. The molecule has 0 fully saturated rings. The number of amides is 1. The lowest BCUT2D eigenvalue weighted by Crippen LogP contribution is -2.24. The number of carbonyl (C=O) groups is 1. The first-order valence-corrected chi connectivity index (χ1v) is 8.87. The van der Waals surface area contributed by atoms with E-state index in [2.05, 4.69) is 20.6 Å². The Labute approximate surface area is 162 Å². The van der Waals surface area contributed by atoms with Gasteiger partial charge in [0.05, 0.1) is 7.11 Å². The number of rotatable bonds is 8. The third-order valence-electron chi connectivity index (χ3n) is 4.12. The van der Waals surface area contributed by atoms with E-state index in [0.29, 0.717) is 18.1 Å². The van der Waals surface area contributed by atoms with Gasteiger partial charge in [-0.25, -0.2) is 14.4 Å². The van der Waals surface area contributed by atoms with Gasteiger partial charge in [0.1, 0.15) is 17.3 Å². The highest BCUT2D eigenvalue weighted by Crippen LogP contribution is 2.13. The van der Waals surface area contributed by atoms with Crippen LogP contribution in [0.1, 0.15) is 21.6 Å². The second kappa shape index (κ2) is 9.45. The van der Waals surface area contributed by atoms with Gasteiger partial charge in [0.15, 0.2) is 0 Å². The molecule has 6 nitrogen and oxygen atoms in total. The monoisotopic (exact) mass is 380 g/mol. The normalized spacial score (nSPS) is 10.4. The third-order valence-corrected chi connectivity index (χ3v) is 4.12. The first-order valence-electron chi connectivity index (χ1n) is 8.87. The Morgan fingerprint density at radius 1 is 1.14 bits per heavy atom. The molecular formula is C21H21FN4O2. The van der Waals surface area contributed by atoms with Crippen LogP contribution in [-0.2, 0) is 13.0 Å². The minimum Gasteiger partial charge on any atom is -0.497 e. The van der Waals surface area contributed by atoms with Gasteiger partial charge in [-0.05, 0) is 36.2 Å². The largest absolute Gasteiger partial charge is 0.497 e. The van der Waals surface area contributed by atoms with Crippen LogP contribution in [0.2, 0.25) is 0 Å². The lowest BCUT2D eigenvalue weighted by Gasteiger charge is -2.08. The minimum atomic E-state index is -0.388. The highest BCUT2D eigenvalue weighted by molar-refractivity contribution is 5.92. The van der Waals surface area contributed by atoms with Crippen LogP contribution < -0.4 is 15.4 Å². The third kappa shape index (κ3) is 5.26. The van der Waals surface area contributed by atoms with Crippen molar-refractivity contribution < 1.29 is 13.9 Å². The summed E-state index contributed by atoms with van der Waals surface area (Å²) in [5.41, 5.74) is 1.75. The molecule has 0 atom stereocenters. The van der Waals surface area contributed by atoms with Crippen LogP contribution in [0, 0.1) is 5.82 Å². The molecule has 2 aromatic carbocycles. The Kier molecular flexibility index (Phi) is 6.51. The van der Waals surface area contributed by atoms with Crippen LogP contribution in [0.15, 0.2) is 60.8 Å². The van der Waals surface area contributed by atoms with E-state index < -0.39 is 0 Å². The molecule has 0 aliphatic heterocycles. The average Bonchev–Trinajstić information content (AvgIpc) is 2.73. The molecule has 0 aliphatic carbocycles. The molecule has 3 rings (SSSR count). The van der Waals surface area contributed by atoms with Gasteiger partial charge in [-0.15, -0.1) is 0 Å². The number of nitrogens with zero attached hydrogens (tertiary/aromatic N) is 2. The van der Waals surface area contributed by atoms with Crippen molar-refractivity contribution in [2.24, 2.45) is 0 Å². The van der Waals surface area contributed by atoms with Crippen molar-refractivity contribution in [3.8, 4) is 5.75 Å². The molecule has 1 aromatic heterocycles. The zero-order chi connectivity index (χ0) is 19.8. The minimum absolute atomic E-state index is 0.0914. The Morgan fingerprint density at radius 3 is 2.82 bits per heavy atom. The zero-order valence-corrected chi connectivity index (χ0v) is 15.5. The summed E-state index contributed by atoms with van der Waals surface area (Å²) in [4.78, 5) is 20.6. The molecule has 0 radical (unpaired) electrons. The van der Waals surface area contributed by atoms with Gasteiger partial charge < -0.3 is 15.4 Å². The van der Waals surface area contributed by atoms with Crippen molar-refractivity contribution in [1.82, 2.24) is 15.3 Å². The van der Waals surface area contributed by atoms with Gasteiger partial charge in [0.2, 0.25) is 5.95 Å². The number of benzene rings is 2. The topological polar surface area (TPSA) is 76.1 Å². The van der Waals surface area contributed by atoms with Crippen molar-refractivity contribution in [2.75, 3.05) is 19.0 Å². The first kappa shape index (κ1) is 19.3. The zero-order valence-electron chi connectivity index (χ0n) is 15.5. The highest BCUT2D eigenvalue weighted by Gasteiger charge is 2.10. The molecule has 3 aromatic rings. The van der Waals surface area contributed by atoms with E-state index in [4.69, 9.17) is 4.74 Å². The predicted octanol–water partition coefficient (Wildman–Crippen LogP) is 3.21. The molecule has 7 heteroatoms. The van der Waals surface area contributed by atoms with Gasteiger partial charge in [-0.3, -0.25) is 4.79 Å². The molecule has 1 heterocycles. The lowest BCUT2D eigenvalue weighted by atomic mass is 10.1. The number of hydrogen-bond donors (Lipinski definition) is 2. The highest BCUT2D eigenvalue weighted by atomic mass is 19.1. The van der Waals surface area contributed by atoms with Crippen molar-refractivity contribution in [2.45, 2.75) is 13.0 Å². The maximum absolute atomic E-state index is 13.6. The van der Waals surface area contributed by atoms with E-state index in [1.165, 1.54) is 18.3 Å². The molecule has 0 saturated carbocycles. The van der Waals surface area contributed by atoms with Crippen molar-refractivity contribution in [1.29, 1.82) is 0 Å². The predicted molar refractivity (Wildman–Crippen MR) is 105 cm³/mol. The van der Waals surface area contributed by atoms with E-state index in [0.717, 1.165) is 17.7 Å². The smallest absolute Gasteiger partial charge is 0.270 e. The van der Waals surface area contributed by atoms with Crippen LogP contribution in [-0.4, -0.2) is 29.5 Å². The fraction of sp³-hybridized carbons (Fsp3) is 0.190. The van der Waals surface area contributed by atoms with Gasteiger partial charge in [-0.2, -0.15) is 0 Å². The first-order chi connectivity index (χ1) is 13.7. The fourth-order valence-electron chi connectivity index (χ4n) is 2.62. The van der Waals surface area contributed by atoms with Crippen LogP contribution in [0.25, 0.3) is 0 Å². The van der Waals surface area contributed by atoms with Crippen LogP contribution in [0.4, 0.5) is 10.3 Å². The summed E-state index contributed by atoms with van der Waals surface area (Å²) in [5.74, 6) is 0.426. The quantitative estimate of drug-likeness (QED) is 0.628. The van der Waals surface area contributed by atoms with Crippen molar-refractivity contribution >= 4 is 11.9 Å². The van der Waals surface area contributed by atoms with E-state index in [1.807, 2.05) is 24.3 Å². The van der Waals surface area contributed by atoms with Crippen LogP contribution >= 0.6 is 0 Å². The number of carbonyl (C=O) groups excluding carboxylic acids is 1. The van der Waals surface area contributed by atoms with Crippen LogP contribution in [0.3, 0.4) is 0 Å². The summed E-state index contributed by atoms with van der Waals surface area (Å²) in [7, 11) is 1.63. The fourth-order valence-corrected chi connectivity index (χ4v) is 2.62. The molecule has 28 heavy (non-hydrogen) atoms. The Hall–Kier alpha value is -3.48. The molecule has 144 valence electrons. The van der Waals surface area contributed by atoms with Crippen LogP contribution in [0.5, 0.6) is 5.75 Å². The summed E-state index contributed by atoms with van der Waals surface area (Å²) < 4.78 is 18.8. The number of halogens is 1. The summed E-state index contributed by atoms with van der Waals surface area (Å²) in [6.07, 6.45) is 2.27. The Bertz CT molecular complexity index is 949. The molecule has 0 bridgehead atoms. The number of nitrogens with one attached hydrogen (secondary N) is 2. The van der Waals surface area contributed by atoms with Gasteiger partial charge >= 0.3 is 0 Å². The molecule has 1 amide bonds. The molecule has 0 aliphatic rings. The second-order valence-corrected chi connectivity index (χ2v) is 6.07. The number of anilines is 1. The average molecular weight is 380 g/mol. The van der Waals surface area contributed by atoms with Crippen molar-refractivity contribution in [3.05, 3.63) is 83.4 Å². The number of methoxy groups -OCH3 is 1. The van der Waals surface area contributed by atoms with Gasteiger partial charge in [0.25, 0.3) is 5.91 Å². The molecule has 0 spiro atoms. The van der Waals surface area contributed by atoms with E-state index >= 15 is 0 Å². The maximum atomic E-state index is 13.6. The van der Waals surface area contributed by atoms with Gasteiger partial charge in [-0.1, -0.05) is 30.3 Å². The second-order valence-electron chi connectivity index (χ2n) is 6.07. The summed E-state index contributed by atoms with van der Waals surface area (Å²) in [6, 6.07) is 15.6. The van der Waals surface area contributed by atoms with Gasteiger partial charge in [0, 0.05) is 24.8 Å². The SMILES string of the molecule is COc1cccc(CCNc2nccc(C(=O)NCc3ccccc3F)n2)c1. The number of aromatic nitrogens is 2. The number of ether oxygens (including phenoxy) is 1. The summed E-state index contributed by atoms with van der Waals surface area (Å²) >= 11 is 0. The standard InChI is InChI=1S/C21H21FN4O2/c1-28-17-7-4-5-15(13-17)9-11-23-21-24-12-10-19(26-21)20(27)25-14-16-6-2-3-8-18(16)22/h2-8,10,12-13H,9,11,14H2,1H3,(H,25,27)(H,23,24,26). The molecule has 2 N–H and O–H groups in total. The molecule has 0 saturated heterocycles. The summed E-state index contributed by atoms with van der Waals surface area (Å²) in [5, 5.41) is 5.77. The Balaban J connectivity index is 1.54. The van der Waals surface area contributed by atoms with E-state index in [1.54, 1.807) is 25.3 Å². The van der Waals surface area contributed by atoms with E-state index in [-0.39, 0.29) is 24.0 Å². The summed E-state index contributed by atoms with van der Waals surface area (Å²) in [6.45, 7) is 0.696.